The minimum absolute atomic E-state index is 0.224. The molecule has 1 atom stereocenters. The summed E-state index contributed by atoms with van der Waals surface area (Å²) < 4.78 is 0. The lowest BCUT2D eigenvalue weighted by molar-refractivity contribution is 0.0350. The summed E-state index contributed by atoms with van der Waals surface area (Å²) in [5.74, 6) is 5.86. The van der Waals surface area contributed by atoms with E-state index in [1.165, 1.54) is 25.7 Å². The fraction of sp³-hybridized carbons (Fsp3) is 1.00. The Bertz CT molecular complexity index is 163. The molecular weight excluding hydrogens is 148 g/mol. The molecule has 1 unspecified atom stereocenters. The quantitative estimate of drug-likeness (QED) is 0.482. The van der Waals surface area contributed by atoms with Gasteiger partial charge in [0.2, 0.25) is 0 Å². The van der Waals surface area contributed by atoms with Crippen LogP contribution in [0.3, 0.4) is 0 Å². The molecule has 0 saturated heterocycles. The molecule has 1 rings (SSSR count). The van der Waals surface area contributed by atoms with Gasteiger partial charge in [-0.1, -0.05) is 20.3 Å². The highest BCUT2D eigenvalue weighted by Crippen LogP contribution is 2.42. The maximum Gasteiger partial charge on any atom is 0.0325 e. The van der Waals surface area contributed by atoms with Gasteiger partial charge in [-0.25, -0.2) is 5.01 Å². The summed E-state index contributed by atoms with van der Waals surface area (Å²) in [6.07, 6.45) is 5.11. The molecule has 0 aliphatic heterocycles. The van der Waals surface area contributed by atoms with Crippen molar-refractivity contribution in [3.63, 3.8) is 0 Å². The molecule has 2 nitrogen and oxygen atoms in total. The summed E-state index contributed by atoms with van der Waals surface area (Å²) in [5.41, 5.74) is 0.697. The summed E-state index contributed by atoms with van der Waals surface area (Å²) in [6.45, 7) is 6.95. The molecule has 2 N–H and O–H groups in total. The van der Waals surface area contributed by atoms with E-state index in [2.05, 4.69) is 20.8 Å². The van der Waals surface area contributed by atoms with Gasteiger partial charge < -0.3 is 0 Å². The van der Waals surface area contributed by atoms with Crippen molar-refractivity contribution in [1.29, 1.82) is 0 Å². The normalized spacial score (nSPS) is 35.5. The summed E-state index contributed by atoms with van der Waals surface area (Å²) in [7, 11) is 1.99. The molecule has 12 heavy (non-hydrogen) atoms. The van der Waals surface area contributed by atoms with Gasteiger partial charge in [-0.05, 0) is 31.6 Å². The van der Waals surface area contributed by atoms with Crippen LogP contribution in [0.4, 0.5) is 0 Å². The van der Waals surface area contributed by atoms with Crippen molar-refractivity contribution in [3.05, 3.63) is 0 Å². The van der Waals surface area contributed by atoms with Crippen LogP contribution in [0.15, 0.2) is 0 Å². The van der Waals surface area contributed by atoms with Crippen molar-refractivity contribution < 1.29 is 0 Å². The number of nitrogens with two attached hydrogens (primary N) is 1. The topological polar surface area (TPSA) is 29.3 Å². The summed E-state index contributed by atoms with van der Waals surface area (Å²) in [6, 6.07) is 0. The van der Waals surface area contributed by atoms with Gasteiger partial charge in [0.25, 0.3) is 0 Å². The van der Waals surface area contributed by atoms with Crippen molar-refractivity contribution in [2.45, 2.75) is 52.0 Å². The number of rotatable bonds is 1. The lowest BCUT2D eigenvalue weighted by atomic mass is 9.69. The zero-order valence-corrected chi connectivity index (χ0v) is 8.85. The maximum absolute atomic E-state index is 5.86. The van der Waals surface area contributed by atoms with Gasteiger partial charge >= 0.3 is 0 Å². The summed E-state index contributed by atoms with van der Waals surface area (Å²) >= 11 is 0. The van der Waals surface area contributed by atoms with E-state index in [1.54, 1.807) is 0 Å². The predicted molar refractivity (Wildman–Crippen MR) is 52.6 cm³/mol. The molecule has 0 radical (unpaired) electrons. The molecule has 1 saturated carbocycles. The van der Waals surface area contributed by atoms with E-state index >= 15 is 0 Å². The first-order chi connectivity index (χ1) is 5.36. The molecule has 0 aromatic carbocycles. The highest BCUT2D eigenvalue weighted by molar-refractivity contribution is 4.92. The monoisotopic (exact) mass is 170 g/mol. The van der Waals surface area contributed by atoms with Crippen molar-refractivity contribution in [2.24, 2.45) is 11.3 Å². The Labute approximate surface area is 76.1 Å². The molecule has 0 spiro atoms. The molecule has 0 aromatic rings. The smallest absolute Gasteiger partial charge is 0.0325 e. The Balaban J connectivity index is 2.68. The van der Waals surface area contributed by atoms with E-state index in [0.29, 0.717) is 5.41 Å². The zero-order valence-electron chi connectivity index (χ0n) is 8.85. The van der Waals surface area contributed by atoms with Gasteiger partial charge in [-0.3, -0.25) is 5.84 Å². The molecular formula is C10H22N2. The van der Waals surface area contributed by atoms with E-state index in [-0.39, 0.29) is 5.54 Å². The van der Waals surface area contributed by atoms with Crippen molar-refractivity contribution in [3.8, 4) is 0 Å². The van der Waals surface area contributed by atoms with Gasteiger partial charge in [0.15, 0.2) is 0 Å². The van der Waals surface area contributed by atoms with E-state index in [0.717, 1.165) is 0 Å². The molecule has 0 amide bonds. The Morgan fingerprint density at radius 2 is 1.75 bits per heavy atom. The van der Waals surface area contributed by atoms with Crippen LogP contribution in [0.2, 0.25) is 0 Å². The maximum atomic E-state index is 5.86. The molecule has 1 aliphatic rings. The first kappa shape index (κ1) is 10.0. The van der Waals surface area contributed by atoms with Crippen LogP contribution < -0.4 is 5.84 Å². The highest BCUT2D eigenvalue weighted by atomic mass is 15.4. The Kier molecular flexibility index (Phi) is 2.50. The Morgan fingerprint density at radius 1 is 1.17 bits per heavy atom. The molecule has 0 heterocycles. The van der Waals surface area contributed by atoms with Crippen LogP contribution >= 0.6 is 0 Å². The van der Waals surface area contributed by atoms with Crippen molar-refractivity contribution in [2.75, 3.05) is 7.05 Å². The van der Waals surface area contributed by atoms with Crippen molar-refractivity contribution in [1.82, 2.24) is 5.01 Å². The van der Waals surface area contributed by atoms with Gasteiger partial charge in [0.05, 0.1) is 0 Å². The molecule has 0 bridgehead atoms. The first-order valence-corrected chi connectivity index (χ1v) is 4.84. The Hall–Kier alpha value is -0.0800. The van der Waals surface area contributed by atoms with Gasteiger partial charge in [0.1, 0.15) is 0 Å². The van der Waals surface area contributed by atoms with Crippen LogP contribution in [0, 0.1) is 5.41 Å². The standard InChI is InChI=1S/C10H22N2/c1-9(2)6-5-7-10(3,8-9)12(4)11/h5-8,11H2,1-4H3. The van der Waals surface area contributed by atoms with E-state index in [9.17, 15) is 0 Å². The summed E-state index contributed by atoms with van der Waals surface area (Å²) in [4.78, 5) is 0. The van der Waals surface area contributed by atoms with Crippen LogP contribution in [-0.4, -0.2) is 17.6 Å². The van der Waals surface area contributed by atoms with Crippen LogP contribution in [0.1, 0.15) is 46.5 Å². The minimum atomic E-state index is 0.224. The van der Waals surface area contributed by atoms with E-state index < -0.39 is 0 Å². The lowest BCUT2D eigenvalue weighted by Crippen LogP contribution is -2.52. The lowest BCUT2D eigenvalue weighted by Gasteiger charge is -2.46. The average molecular weight is 170 g/mol. The fourth-order valence-corrected chi connectivity index (χ4v) is 2.46. The third-order valence-electron chi connectivity index (χ3n) is 3.28. The molecule has 2 heteroatoms. The second-order valence-electron chi connectivity index (χ2n) is 5.30. The Morgan fingerprint density at radius 3 is 2.08 bits per heavy atom. The molecule has 72 valence electrons. The largest absolute Gasteiger partial charge is 0.269 e. The van der Waals surface area contributed by atoms with Gasteiger partial charge in [0, 0.05) is 12.6 Å². The third kappa shape index (κ3) is 1.99. The van der Waals surface area contributed by atoms with Crippen molar-refractivity contribution >= 4 is 0 Å². The molecule has 1 aliphatic carbocycles. The number of hydrazine groups is 1. The minimum Gasteiger partial charge on any atom is -0.269 e. The van der Waals surface area contributed by atoms with Crippen LogP contribution in [0.25, 0.3) is 0 Å². The van der Waals surface area contributed by atoms with E-state index in [4.69, 9.17) is 5.84 Å². The molecule has 1 fully saturated rings. The second kappa shape index (κ2) is 3.00. The molecule has 0 aromatic heterocycles. The zero-order chi connectivity index (χ0) is 9.41. The SMILES string of the molecule is CN(N)C1(C)CCCC(C)(C)C1. The number of hydrogen-bond acceptors (Lipinski definition) is 2. The number of hydrogen-bond donors (Lipinski definition) is 1. The van der Waals surface area contributed by atoms with Crippen LogP contribution in [-0.2, 0) is 0 Å². The average Bonchev–Trinajstić information content (AvgIpc) is 1.83. The van der Waals surface area contributed by atoms with Gasteiger partial charge in [-0.15, -0.1) is 0 Å². The number of nitrogens with zero attached hydrogens (tertiary/aromatic N) is 1. The van der Waals surface area contributed by atoms with E-state index in [1.807, 2.05) is 12.1 Å². The summed E-state index contributed by atoms with van der Waals surface area (Å²) in [5, 5.41) is 1.90. The second-order valence-corrected chi connectivity index (χ2v) is 5.30. The van der Waals surface area contributed by atoms with Crippen LogP contribution in [0.5, 0.6) is 0 Å². The highest BCUT2D eigenvalue weighted by Gasteiger charge is 2.38. The first-order valence-electron chi connectivity index (χ1n) is 4.84. The predicted octanol–water partition coefficient (Wildman–Crippen LogP) is 2.15. The third-order valence-corrected chi connectivity index (χ3v) is 3.28. The van der Waals surface area contributed by atoms with Gasteiger partial charge in [-0.2, -0.15) is 0 Å². The fourth-order valence-electron chi connectivity index (χ4n) is 2.46.